The maximum absolute atomic E-state index is 14.1. The zero-order chi connectivity index (χ0) is 46.8. The van der Waals surface area contributed by atoms with Gasteiger partial charge in [0.25, 0.3) is 0 Å². The van der Waals surface area contributed by atoms with Crippen molar-refractivity contribution in [2.45, 2.75) is 179 Å². The van der Waals surface area contributed by atoms with Gasteiger partial charge in [0.05, 0.1) is 50.6 Å². The van der Waals surface area contributed by atoms with Crippen LogP contribution in [0.15, 0.2) is 35.9 Å². The molecule has 5 N–H and O–H groups in total. The van der Waals surface area contributed by atoms with Crippen LogP contribution in [0.4, 0.5) is 0 Å². The molecular formula is C49H72O16. The van der Waals surface area contributed by atoms with E-state index in [0.717, 1.165) is 51.4 Å². The Hall–Kier alpha value is -3.19. The van der Waals surface area contributed by atoms with E-state index in [1.54, 1.807) is 19.1 Å². The summed E-state index contributed by atoms with van der Waals surface area (Å²) in [6.45, 7) is 8.77. The van der Waals surface area contributed by atoms with Crippen LogP contribution in [0.1, 0.15) is 122 Å². The maximum atomic E-state index is 14.1. The molecule has 0 bridgehead atoms. The Labute approximate surface area is 382 Å². The smallest absolute Gasteiger partial charge is 0.338 e. The summed E-state index contributed by atoms with van der Waals surface area (Å²) < 4.78 is 47.6. The average Bonchev–Trinajstić information content (AvgIpc) is 3.51. The quantitative estimate of drug-likeness (QED) is 0.0665. The minimum absolute atomic E-state index is 0.109. The molecule has 0 unspecified atom stereocenters. The molecule has 6 aliphatic rings. The van der Waals surface area contributed by atoms with Crippen molar-refractivity contribution in [2.24, 2.45) is 34.5 Å². The second kappa shape index (κ2) is 20.6. The largest absolute Gasteiger partial charge is 0.497 e. The van der Waals surface area contributed by atoms with Crippen molar-refractivity contribution in [1.29, 1.82) is 0 Å². The molecule has 1 aromatic carbocycles. The standard InChI is InChI=1S/C49H72O16/c1-7-8-9-10-11-22-59-43(55)27(2)49(57)38(24-35-33-17-14-30-23-31(51)18-20-47(30,4)34(33)19-21-48(35,49)5)63-46-42(62-28(3)50)40(37(53)26-61-46)65-45-41(39(54)36(52)25-60-45)64-44(56)29-12-15-32(58-6)16-13-29/h12-16,27,31,33-42,45-46,51-54,57H,7-11,17-26H2,1-6H3/t27-,31+,33-,34+,35+,36-,37+,38+,39+,40+,41-,42-,45+,46+,47+,48+,49-/m1/s1. The van der Waals surface area contributed by atoms with Crippen molar-refractivity contribution >= 4 is 17.9 Å². The summed E-state index contributed by atoms with van der Waals surface area (Å²) in [5, 5.41) is 57.2. The van der Waals surface area contributed by atoms with E-state index in [-0.39, 0.29) is 48.0 Å². The second-order valence-electron chi connectivity index (χ2n) is 19.9. The van der Waals surface area contributed by atoms with Crippen LogP contribution in [0.5, 0.6) is 5.75 Å². The van der Waals surface area contributed by atoms with Crippen LogP contribution >= 0.6 is 0 Å². The molecule has 16 nitrogen and oxygen atoms in total. The molecule has 65 heavy (non-hydrogen) atoms. The minimum Gasteiger partial charge on any atom is -0.497 e. The highest BCUT2D eigenvalue weighted by atomic mass is 16.8. The average molecular weight is 917 g/mol. The number of carbonyl (C=O) groups is 3. The molecular weight excluding hydrogens is 845 g/mol. The Morgan fingerprint density at radius 2 is 1.54 bits per heavy atom. The molecule has 7 rings (SSSR count). The number of unbranched alkanes of at least 4 members (excludes halogenated alkanes) is 4. The summed E-state index contributed by atoms with van der Waals surface area (Å²) in [7, 11) is 1.48. The van der Waals surface area contributed by atoms with Crippen LogP contribution in [0.2, 0.25) is 0 Å². The SMILES string of the molecule is CCCCCCCOC(=O)[C@@H](C)[C@@]1(O)[C@@H](O[C@@H]2OC[C@H](O)[C@H](O[C@@H]3OC[C@@H](O)[C@H](O)[C@H]3OC(=O)c3ccc(OC)cc3)[C@H]2OC(C)=O)C[C@H]2[C@@H]3CC=C4C[C@@H](O)CC[C@]4(C)[C@H]3CC[C@@]21C. The van der Waals surface area contributed by atoms with Crippen molar-refractivity contribution in [3.8, 4) is 5.75 Å². The van der Waals surface area contributed by atoms with Crippen LogP contribution in [0, 0.1) is 34.5 Å². The van der Waals surface area contributed by atoms with Gasteiger partial charge in [0, 0.05) is 12.3 Å². The number of rotatable bonds is 16. The van der Waals surface area contributed by atoms with Gasteiger partial charge in [0.15, 0.2) is 24.8 Å². The highest BCUT2D eigenvalue weighted by Gasteiger charge is 2.71. The van der Waals surface area contributed by atoms with Gasteiger partial charge < -0.3 is 63.4 Å². The van der Waals surface area contributed by atoms with Crippen LogP contribution < -0.4 is 4.74 Å². The first kappa shape index (κ1) is 49.7. The number of ether oxygens (including phenoxy) is 8. The van der Waals surface area contributed by atoms with Gasteiger partial charge in [-0.1, -0.05) is 58.1 Å². The second-order valence-corrected chi connectivity index (χ2v) is 19.9. The van der Waals surface area contributed by atoms with E-state index >= 15 is 0 Å². The van der Waals surface area contributed by atoms with Gasteiger partial charge in [-0.3, -0.25) is 9.59 Å². The van der Waals surface area contributed by atoms with Gasteiger partial charge in [0.1, 0.15) is 35.8 Å². The number of aliphatic hydroxyl groups is 5. The Kier molecular flexibility index (Phi) is 15.7. The molecule has 16 heteroatoms. The predicted octanol–water partition coefficient (Wildman–Crippen LogP) is 4.53. The number of carbonyl (C=O) groups excluding carboxylic acids is 3. The number of hydrogen-bond donors (Lipinski definition) is 5. The third-order valence-corrected chi connectivity index (χ3v) is 16.1. The molecule has 0 spiro atoms. The van der Waals surface area contributed by atoms with E-state index in [4.69, 9.17) is 37.9 Å². The van der Waals surface area contributed by atoms with E-state index in [9.17, 15) is 39.9 Å². The normalized spacial score (nSPS) is 40.6. The summed E-state index contributed by atoms with van der Waals surface area (Å²) in [5.74, 6) is -2.41. The number of allylic oxidation sites excluding steroid dienone is 1. The third kappa shape index (κ3) is 9.76. The number of fused-ring (bicyclic) bond motifs is 5. The summed E-state index contributed by atoms with van der Waals surface area (Å²) >= 11 is 0. The van der Waals surface area contributed by atoms with Crippen molar-refractivity contribution in [2.75, 3.05) is 26.9 Å². The van der Waals surface area contributed by atoms with Crippen LogP contribution in [-0.2, 0) is 42.7 Å². The van der Waals surface area contributed by atoms with E-state index in [1.165, 1.54) is 31.7 Å². The van der Waals surface area contributed by atoms with E-state index < -0.39 is 96.8 Å². The number of hydrogen-bond acceptors (Lipinski definition) is 16. The molecule has 2 saturated heterocycles. The first-order chi connectivity index (χ1) is 31.0. The topological polar surface area (TPSA) is 226 Å². The number of aliphatic hydroxyl groups excluding tert-OH is 4. The molecule has 0 radical (unpaired) electrons. The number of methoxy groups -OCH3 is 1. The molecule has 1 aromatic rings. The fourth-order valence-electron chi connectivity index (χ4n) is 12.4. The van der Waals surface area contributed by atoms with Crippen molar-refractivity contribution < 1.29 is 77.8 Å². The molecule has 5 fully saturated rings. The van der Waals surface area contributed by atoms with Gasteiger partial charge in [-0.2, -0.15) is 0 Å². The zero-order valence-electron chi connectivity index (χ0n) is 38.8. The molecule has 364 valence electrons. The first-order valence-electron chi connectivity index (χ1n) is 23.8. The maximum Gasteiger partial charge on any atom is 0.338 e. The Morgan fingerprint density at radius 3 is 2.23 bits per heavy atom. The lowest BCUT2D eigenvalue weighted by atomic mass is 9.46. The molecule has 0 aromatic heterocycles. The molecule has 17 atom stereocenters. The van der Waals surface area contributed by atoms with Gasteiger partial charge >= 0.3 is 17.9 Å². The Balaban J connectivity index is 1.17. The molecule has 2 aliphatic heterocycles. The predicted molar refractivity (Wildman–Crippen MR) is 232 cm³/mol. The monoisotopic (exact) mass is 916 g/mol. The van der Waals surface area contributed by atoms with Crippen LogP contribution in [-0.4, -0.2) is 137 Å². The lowest BCUT2D eigenvalue weighted by Crippen LogP contribution is -2.64. The summed E-state index contributed by atoms with van der Waals surface area (Å²) in [6.07, 6.45) is -1.70. The first-order valence-corrected chi connectivity index (χ1v) is 23.8. The fraction of sp³-hybridized carbons (Fsp3) is 0.776. The number of esters is 3. The summed E-state index contributed by atoms with van der Waals surface area (Å²) in [5.41, 5.74) is -1.32. The van der Waals surface area contributed by atoms with Crippen molar-refractivity contribution in [1.82, 2.24) is 0 Å². The summed E-state index contributed by atoms with van der Waals surface area (Å²) in [4.78, 5) is 40.3. The molecule has 2 heterocycles. The molecule has 0 amide bonds. The van der Waals surface area contributed by atoms with Gasteiger partial charge in [0.2, 0.25) is 0 Å². The van der Waals surface area contributed by atoms with Gasteiger partial charge in [-0.15, -0.1) is 0 Å². The zero-order valence-corrected chi connectivity index (χ0v) is 38.8. The van der Waals surface area contributed by atoms with Crippen LogP contribution in [0.3, 0.4) is 0 Å². The molecule has 4 aliphatic carbocycles. The van der Waals surface area contributed by atoms with E-state index in [2.05, 4.69) is 19.9 Å². The third-order valence-electron chi connectivity index (χ3n) is 16.1. The highest BCUT2D eigenvalue weighted by molar-refractivity contribution is 5.89. The van der Waals surface area contributed by atoms with E-state index in [0.29, 0.717) is 31.4 Å². The lowest BCUT2D eigenvalue weighted by molar-refractivity contribution is -0.345. The Bertz CT molecular complexity index is 1840. The van der Waals surface area contributed by atoms with E-state index in [1.807, 2.05) is 6.92 Å². The summed E-state index contributed by atoms with van der Waals surface area (Å²) in [6, 6.07) is 6.03. The van der Waals surface area contributed by atoms with Crippen molar-refractivity contribution in [3.63, 3.8) is 0 Å². The lowest BCUT2D eigenvalue weighted by Gasteiger charge is -2.59. The fourth-order valence-corrected chi connectivity index (χ4v) is 12.4. The van der Waals surface area contributed by atoms with Crippen molar-refractivity contribution in [3.05, 3.63) is 41.5 Å². The minimum atomic E-state index is -1.79. The van der Waals surface area contributed by atoms with Gasteiger partial charge in [-0.05, 0) is 106 Å². The number of benzene rings is 1. The Morgan fingerprint density at radius 1 is 0.846 bits per heavy atom. The molecule has 3 saturated carbocycles. The highest BCUT2D eigenvalue weighted by Crippen LogP contribution is 2.69. The van der Waals surface area contributed by atoms with Crippen LogP contribution in [0.25, 0.3) is 0 Å². The van der Waals surface area contributed by atoms with Gasteiger partial charge in [-0.25, -0.2) is 4.79 Å².